The number of sulfonamides is 1. The highest BCUT2D eigenvalue weighted by Crippen LogP contribution is 2.30. The number of allylic oxidation sites excluding steroid dienone is 1. The number of methoxy groups -OCH3 is 1. The van der Waals surface area contributed by atoms with Crippen LogP contribution in [-0.4, -0.2) is 39.3 Å². The molecule has 0 aromatic heterocycles. The maximum absolute atomic E-state index is 13.3. The average molecular weight is 490 g/mol. The lowest BCUT2D eigenvalue weighted by molar-refractivity contribution is -0.135. The highest BCUT2D eigenvalue weighted by molar-refractivity contribution is 8.04. The molecule has 0 atom stereocenters. The van der Waals surface area contributed by atoms with E-state index in [-0.39, 0.29) is 15.5 Å². The number of esters is 1. The summed E-state index contributed by atoms with van der Waals surface area (Å²) in [6.07, 6.45) is 0.389. The number of ether oxygens (including phenoxy) is 1. The molecule has 0 saturated heterocycles. The van der Waals surface area contributed by atoms with Crippen molar-refractivity contribution in [1.29, 1.82) is 0 Å². The molecular weight excluding hydrogens is 466 g/mol. The van der Waals surface area contributed by atoms with E-state index < -0.39 is 28.1 Å². The summed E-state index contributed by atoms with van der Waals surface area (Å²) >= 11 is 1.22. The number of amides is 4. The van der Waals surface area contributed by atoms with E-state index in [4.69, 9.17) is 4.74 Å². The Labute approximate surface area is 196 Å². The maximum Gasteiger partial charge on any atom is 0.346 e. The summed E-state index contributed by atoms with van der Waals surface area (Å²) in [6.45, 7) is 3.63. The summed E-state index contributed by atoms with van der Waals surface area (Å²) in [5.41, 5.74) is 2.09. The summed E-state index contributed by atoms with van der Waals surface area (Å²) in [5, 5.41) is 4.50. The van der Waals surface area contributed by atoms with Gasteiger partial charge in [0.05, 0.1) is 17.7 Å². The molecule has 174 valence electrons. The molecule has 2 aromatic carbocycles. The van der Waals surface area contributed by atoms with E-state index in [1.165, 1.54) is 43.1 Å². The minimum atomic E-state index is -4.33. The molecule has 0 saturated carbocycles. The van der Waals surface area contributed by atoms with Gasteiger partial charge >= 0.3 is 18.0 Å². The first-order chi connectivity index (χ1) is 15.6. The Bertz CT molecular complexity index is 1210. The fourth-order valence-corrected chi connectivity index (χ4v) is 5.42. The predicted octanol–water partition coefficient (Wildman–Crippen LogP) is 3.44. The summed E-state index contributed by atoms with van der Waals surface area (Å²) in [6, 6.07) is 10.1. The van der Waals surface area contributed by atoms with Gasteiger partial charge in [0.15, 0.2) is 0 Å². The van der Waals surface area contributed by atoms with Gasteiger partial charge in [0.25, 0.3) is 10.0 Å². The lowest BCUT2D eigenvalue weighted by atomic mass is 10.2. The fraction of sp³-hybridized carbons (Fsp3) is 0.227. The van der Waals surface area contributed by atoms with Gasteiger partial charge in [-0.05, 0) is 44.5 Å². The van der Waals surface area contributed by atoms with Gasteiger partial charge in [-0.3, -0.25) is 5.32 Å². The quantitative estimate of drug-likeness (QED) is 0.617. The van der Waals surface area contributed by atoms with Crippen molar-refractivity contribution in [3.8, 4) is 0 Å². The van der Waals surface area contributed by atoms with Crippen LogP contribution in [0.25, 0.3) is 0 Å². The van der Waals surface area contributed by atoms with Crippen molar-refractivity contribution in [2.24, 2.45) is 0 Å². The second kappa shape index (κ2) is 10.1. The maximum atomic E-state index is 13.3. The number of imide groups is 1. The van der Waals surface area contributed by atoms with Crippen LogP contribution in [0.2, 0.25) is 0 Å². The Hall–Kier alpha value is -3.31. The van der Waals surface area contributed by atoms with Crippen LogP contribution < -0.4 is 14.9 Å². The zero-order chi connectivity index (χ0) is 24.2. The number of nitrogens with one attached hydrogen (secondary N) is 2. The van der Waals surface area contributed by atoms with E-state index in [9.17, 15) is 22.8 Å². The molecule has 1 heterocycles. The Morgan fingerprint density at radius 2 is 1.55 bits per heavy atom. The van der Waals surface area contributed by atoms with E-state index in [0.717, 1.165) is 11.1 Å². The number of benzene rings is 2. The number of rotatable bonds is 5. The largest absolute Gasteiger partial charge is 0.465 e. The van der Waals surface area contributed by atoms with Crippen molar-refractivity contribution in [2.75, 3.05) is 17.2 Å². The van der Waals surface area contributed by atoms with Crippen LogP contribution in [0.3, 0.4) is 0 Å². The van der Waals surface area contributed by atoms with E-state index in [1.807, 2.05) is 19.2 Å². The number of hydrogen-bond acceptors (Lipinski definition) is 7. The SMILES string of the molecule is COC(=O)C1=C(NC(=O)NC(=O)N(c2ccc(C)cc2)S(=O)(=O)c2ccc(C)cc2)CCS1. The van der Waals surface area contributed by atoms with Crippen LogP contribution >= 0.6 is 11.8 Å². The topological polar surface area (TPSA) is 122 Å². The first-order valence-corrected chi connectivity index (χ1v) is 12.3. The Balaban J connectivity index is 1.90. The predicted molar refractivity (Wildman–Crippen MR) is 125 cm³/mol. The van der Waals surface area contributed by atoms with Crippen LogP contribution in [0.1, 0.15) is 17.5 Å². The van der Waals surface area contributed by atoms with Gasteiger partial charge < -0.3 is 10.1 Å². The second-order valence-corrected chi connectivity index (χ2v) is 10.1. The molecule has 33 heavy (non-hydrogen) atoms. The summed E-state index contributed by atoms with van der Waals surface area (Å²) in [7, 11) is -3.11. The number of urea groups is 2. The molecule has 0 aliphatic carbocycles. The minimum Gasteiger partial charge on any atom is -0.465 e. The summed E-state index contributed by atoms with van der Waals surface area (Å²) in [4.78, 5) is 37.5. The van der Waals surface area contributed by atoms with Crippen molar-refractivity contribution in [1.82, 2.24) is 10.6 Å². The van der Waals surface area contributed by atoms with Crippen molar-refractivity contribution >= 4 is 45.5 Å². The highest BCUT2D eigenvalue weighted by Gasteiger charge is 2.33. The Morgan fingerprint density at radius 1 is 0.970 bits per heavy atom. The summed E-state index contributed by atoms with van der Waals surface area (Å²) in [5.74, 6) is -0.0342. The second-order valence-electron chi connectivity index (χ2n) is 7.20. The monoisotopic (exact) mass is 489 g/mol. The van der Waals surface area contributed by atoms with Crippen molar-refractivity contribution in [3.05, 3.63) is 70.3 Å². The molecule has 9 nitrogen and oxygen atoms in total. The lowest BCUT2D eigenvalue weighted by Crippen LogP contribution is -2.49. The molecule has 4 amide bonds. The van der Waals surface area contributed by atoms with Crippen molar-refractivity contribution < 1.29 is 27.5 Å². The van der Waals surface area contributed by atoms with Gasteiger partial charge in [0, 0.05) is 11.4 Å². The molecule has 0 fully saturated rings. The number of anilines is 1. The number of carbonyl (C=O) groups excluding carboxylic acids is 3. The third-order valence-electron chi connectivity index (χ3n) is 4.74. The number of nitrogens with zero attached hydrogens (tertiary/aromatic N) is 1. The van der Waals surface area contributed by atoms with Crippen LogP contribution in [0, 0.1) is 13.8 Å². The molecule has 1 aliphatic rings. The third kappa shape index (κ3) is 5.55. The number of hydrogen-bond donors (Lipinski definition) is 2. The summed E-state index contributed by atoms with van der Waals surface area (Å²) < 4.78 is 31.9. The van der Waals surface area contributed by atoms with Gasteiger partial charge in [-0.25, -0.2) is 22.8 Å². The molecule has 0 spiro atoms. The molecule has 0 unspecified atom stereocenters. The van der Waals surface area contributed by atoms with Crippen LogP contribution in [-0.2, 0) is 19.6 Å². The molecule has 2 N–H and O–H groups in total. The molecule has 0 radical (unpaired) electrons. The molecule has 3 rings (SSSR count). The highest BCUT2D eigenvalue weighted by atomic mass is 32.2. The first kappa shape index (κ1) is 24.3. The number of aryl methyl sites for hydroxylation is 2. The lowest BCUT2D eigenvalue weighted by Gasteiger charge is -2.23. The number of carbonyl (C=O) groups is 3. The molecule has 1 aliphatic heterocycles. The van der Waals surface area contributed by atoms with Gasteiger partial charge in [-0.2, -0.15) is 4.31 Å². The molecule has 11 heteroatoms. The Morgan fingerprint density at radius 3 is 2.12 bits per heavy atom. The van der Waals surface area contributed by atoms with E-state index in [2.05, 4.69) is 5.32 Å². The van der Waals surface area contributed by atoms with E-state index in [1.54, 1.807) is 24.3 Å². The van der Waals surface area contributed by atoms with Crippen LogP contribution in [0.15, 0.2) is 64.0 Å². The van der Waals surface area contributed by atoms with Gasteiger partial charge in [0.1, 0.15) is 4.91 Å². The normalized spacial score (nSPS) is 13.4. The van der Waals surface area contributed by atoms with Crippen LogP contribution in [0.5, 0.6) is 0 Å². The van der Waals surface area contributed by atoms with Crippen LogP contribution in [0.4, 0.5) is 15.3 Å². The van der Waals surface area contributed by atoms with Gasteiger partial charge in [-0.1, -0.05) is 35.4 Å². The molecular formula is C22H23N3O6S2. The number of thioether (sulfide) groups is 1. The minimum absolute atomic E-state index is 0.0670. The fourth-order valence-electron chi connectivity index (χ4n) is 3.03. The average Bonchev–Trinajstić information content (AvgIpc) is 3.22. The Kier molecular flexibility index (Phi) is 7.44. The smallest absolute Gasteiger partial charge is 0.346 e. The standard InChI is InChI=1S/C22H23N3O6S2/c1-14-4-8-16(9-5-14)25(33(29,30)17-10-6-15(2)7-11-17)22(28)24-21(27)23-18-12-13-32-19(18)20(26)31-3/h4-11H,12-13H2,1-3H3,(H2,23,24,27,28). The van der Waals surface area contributed by atoms with Gasteiger partial charge in [-0.15, -0.1) is 11.8 Å². The van der Waals surface area contributed by atoms with Crippen molar-refractivity contribution in [3.63, 3.8) is 0 Å². The van der Waals surface area contributed by atoms with E-state index >= 15 is 0 Å². The third-order valence-corrected chi connectivity index (χ3v) is 7.58. The van der Waals surface area contributed by atoms with E-state index in [0.29, 0.717) is 22.2 Å². The zero-order valence-corrected chi connectivity index (χ0v) is 19.9. The molecule has 2 aromatic rings. The van der Waals surface area contributed by atoms with Gasteiger partial charge in [0.2, 0.25) is 0 Å². The zero-order valence-electron chi connectivity index (χ0n) is 18.2. The first-order valence-electron chi connectivity index (χ1n) is 9.88. The van der Waals surface area contributed by atoms with Crippen molar-refractivity contribution in [2.45, 2.75) is 25.2 Å². The molecule has 0 bridgehead atoms.